The van der Waals surface area contributed by atoms with Crippen molar-refractivity contribution in [3.8, 4) is 0 Å². The van der Waals surface area contributed by atoms with E-state index in [9.17, 15) is 5.11 Å². The van der Waals surface area contributed by atoms with Gasteiger partial charge in [-0.2, -0.15) is 0 Å². The van der Waals surface area contributed by atoms with E-state index in [2.05, 4.69) is 60.7 Å². The fourth-order valence-corrected chi connectivity index (χ4v) is 6.49. The molecule has 1 N–H and O–H groups in total. The highest BCUT2D eigenvalue weighted by atomic mass is 28.4. The van der Waals surface area contributed by atoms with Gasteiger partial charge in [0.15, 0.2) is 8.32 Å². The average molecular weight is 351 g/mol. The maximum absolute atomic E-state index is 10.5. The summed E-state index contributed by atoms with van der Waals surface area (Å²) in [6, 6.07) is 0. The van der Waals surface area contributed by atoms with Gasteiger partial charge in [0.25, 0.3) is 0 Å². The summed E-state index contributed by atoms with van der Waals surface area (Å²) < 4.78 is 6.54. The standard InChI is InChI=1S/C21H38O2Si/c1-19(2,3)24(7,8)23-13-15-9-14-10-20(4,5)11-16(14)21(6)12-17(22)18(15)21/h9,14,16-18,22H,10-13H2,1-8H3/t14-,16+,17-,18-,21-/m1/s1. The maximum atomic E-state index is 10.5. The predicted octanol–water partition coefficient (Wildman–Crippen LogP) is 5.39. The molecule has 0 spiro atoms. The van der Waals surface area contributed by atoms with E-state index < -0.39 is 8.32 Å². The van der Waals surface area contributed by atoms with Gasteiger partial charge in [0.2, 0.25) is 0 Å². The lowest BCUT2D eigenvalue weighted by Crippen LogP contribution is -2.58. The van der Waals surface area contributed by atoms with E-state index in [0.29, 0.717) is 22.7 Å². The number of rotatable bonds is 3. The minimum absolute atomic E-state index is 0.158. The van der Waals surface area contributed by atoms with Gasteiger partial charge in [0, 0.05) is 5.92 Å². The molecule has 0 saturated heterocycles. The van der Waals surface area contributed by atoms with Crippen molar-refractivity contribution in [2.75, 3.05) is 6.61 Å². The normalized spacial score (nSPS) is 41.3. The monoisotopic (exact) mass is 350 g/mol. The van der Waals surface area contributed by atoms with Crippen LogP contribution in [0.5, 0.6) is 0 Å². The summed E-state index contributed by atoms with van der Waals surface area (Å²) in [6.07, 6.45) is 5.94. The van der Waals surface area contributed by atoms with Gasteiger partial charge in [-0.05, 0) is 65.6 Å². The Kier molecular flexibility index (Phi) is 4.23. The highest BCUT2D eigenvalue weighted by Crippen LogP contribution is 2.66. The number of allylic oxidation sites excluding steroid dienone is 1. The summed E-state index contributed by atoms with van der Waals surface area (Å²) in [6.45, 7) is 19.5. The van der Waals surface area contributed by atoms with Crippen LogP contribution in [0, 0.1) is 28.6 Å². The van der Waals surface area contributed by atoms with Crippen molar-refractivity contribution < 1.29 is 9.53 Å². The Bertz CT molecular complexity index is 543. The molecule has 3 rings (SSSR count). The van der Waals surface area contributed by atoms with E-state index in [4.69, 9.17) is 4.43 Å². The van der Waals surface area contributed by atoms with Crippen molar-refractivity contribution in [1.82, 2.24) is 0 Å². The third kappa shape index (κ3) is 2.85. The first kappa shape index (κ1) is 18.7. The lowest BCUT2D eigenvalue weighted by molar-refractivity contribution is -0.127. The van der Waals surface area contributed by atoms with Crippen LogP contribution < -0.4 is 0 Å². The molecule has 0 heterocycles. The minimum Gasteiger partial charge on any atom is -0.413 e. The van der Waals surface area contributed by atoms with Gasteiger partial charge in [-0.3, -0.25) is 0 Å². The Labute approximate surface area is 150 Å². The Morgan fingerprint density at radius 2 is 1.79 bits per heavy atom. The zero-order valence-corrected chi connectivity index (χ0v) is 18.1. The summed E-state index contributed by atoms with van der Waals surface area (Å²) >= 11 is 0. The Balaban J connectivity index is 1.82. The molecule has 3 aliphatic rings. The SMILES string of the molecule is CC1(C)C[C@H]2C=C(CO[Si](C)(C)C(C)(C)C)[C@@H]3[C@H](O)C[C@]3(C)[C@H]2C1. The summed E-state index contributed by atoms with van der Waals surface area (Å²) in [5.41, 5.74) is 2.13. The molecule has 0 aromatic heterocycles. The van der Waals surface area contributed by atoms with Gasteiger partial charge >= 0.3 is 0 Å². The highest BCUT2D eigenvalue weighted by molar-refractivity contribution is 6.74. The summed E-state index contributed by atoms with van der Waals surface area (Å²) in [5, 5.41) is 10.8. The quantitative estimate of drug-likeness (QED) is 0.546. The van der Waals surface area contributed by atoms with Crippen LogP contribution >= 0.6 is 0 Å². The van der Waals surface area contributed by atoms with E-state index in [1.165, 1.54) is 18.4 Å². The van der Waals surface area contributed by atoms with Gasteiger partial charge in [0.05, 0.1) is 12.7 Å². The van der Waals surface area contributed by atoms with E-state index in [0.717, 1.165) is 18.9 Å². The molecule has 3 heteroatoms. The molecule has 3 aliphatic carbocycles. The molecule has 0 bridgehead atoms. The average Bonchev–Trinajstić information content (AvgIpc) is 2.69. The Morgan fingerprint density at radius 1 is 1.17 bits per heavy atom. The molecule has 0 radical (unpaired) electrons. The van der Waals surface area contributed by atoms with Gasteiger partial charge in [0.1, 0.15) is 0 Å². The van der Waals surface area contributed by atoms with Crippen molar-refractivity contribution in [3.63, 3.8) is 0 Å². The van der Waals surface area contributed by atoms with Gasteiger partial charge in [-0.15, -0.1) is 0 Å². The smallest absolute Gasteiger partial charge is 0.192 e. The van der Waals surface area contributed by atoms with Crippen LogP contribution in [0.25, 0.3) is 0 Å². The third-order valence-corrected chi connectivity index (χ3v) is 12.4. The maximum Gasteiger partial charge on any atom is 0.192 e. The lowest BCUT2D eigenvalue weighted by Gasteiger charge is -2.59. The summed E-state index contributed by atoms with van der Waals surface area (Å²) in [7, 11) is -1.75. The first-order valence-electron chi connectivity index (χ1n) is 9.79. The highest BCUT2D eigenvalue weighted by Gasteiger charge is 2.62. The lowest BCUT2D eigenvalue weighted by atomic mass is 9.47. The van der Waals surface area contributed by atoms with Crippen LogP contribution in [0.15, 0.2) is 11.6 Å². The van der Waals surface area contributed by atoms with Crippen molar-refractivity contribution >= 4 is 8.32 Å². The first-order valence-corrected chi connectivity index (χ1v) is 12.7. The molecule has 2 nitrogen and oxygen atoms in total. The number of aliphatic hydroxyl groups is 1. The molecule has 0 amide bonds. The van der Waals surface area contributed by atoms with E-state index in [1.807, 2.05) is 0 Å². The molecular formula is C21H38O2Si. The fraction of sp³-hybridized carbons (Fsp3) is 0.905. The molecule has 0 aromatic carbocycles. The van der Waals surface area contributed by atoms with Crippen LogP contribution in [0.1, 0.15) is 60.8 Å². The zero-order chi connectivity index (χ0) is 18.1. The van der Waals surface area contributed by atoms with Gasteiger partial charge in [-0.1, -0.05) is 47.6 Å². The number of aliphatic hydroxyl groups excluding tert-OH is 1. The van der Waals surface area contributed by atoms with Gasteiger partial charge in [-0.25, -0.2) is 0 Å². The molecule has 2 fully saturated rings. The molecule has 0 aromatic rings. The summed E-state index contributed by atoms with van der Waals surface area (Å²) in [4.78, 5) is 0. The van der Waals surface area contributed by atoms with Crippen LogP contribution in [0.2, 0.25) is 18.1 Å². The second-order valence-corrected chi connectivity index (χ2v) is 16.2. The topological polar surface area (TPSA) is 29.5 Å². The first-order chi connectivity index (χ1) is 10.8. The second kappa shape index (κ2) is 5.44. The van der Waals surface area contributed by atoms with Crippen LogP contribution in [0.3, 0.4) is 0 Å². The third-order valence-electron chi connectivity index (χ3n) is 7.90. The minimum atomic E-state index is -1.75. The Hall–Kier alpha value is -0.123. The largest absolute Gasteiger partial charge is 0.413 e. The molecule has 0 aliphatic heterocycles. The zero-order valence-electron chi connectivity index (χ0n) is 17.1. The Morgan fingerprint density at radius 3 is 2.33 bits per heavy atom. The van der Waals surface area contributed by atoms with Crippen molar-refractivity contribution in [2.45, 2.75) is 85.0 Å². The second-order valence-electron chi connectivity index (χ2n) is 11.4. The van der Waals surface area contributed by atoms with Crippen molar-refractivity contribution in [3.05, 3.63) is 11.6 Å². The molecule has 138 valence electrons. The van der Waals surface area contributed by atoms with E-state index in [1.54, 1.807) is 0 Å². The number of fused-ring (bicyclic) bond motifs is 3. The van der Waals surface area contributed by atoms with Gasteiger partial charge < -0.3 is 9.53 Å². The van der Waals surface area contributed by atoms with Crippen LogP contribution in [-0.4, -0.2) is 26.1 Å². The van der Waals surface area contributed by atoms with Crippen molar-refractivity contribution in [1.29, 1.82) is 0 Å². The van der Waals surface area contributed by atoms with E-state index in [-0.39, 0.29) is 11.1 Å². The molecule has 0 unspecified atom stereocenters. The molecule has 2 saturated carbocycles. The fourth-order valence-electron chi connectivity index (χ4n) is 5.53. The molecule has 24 heavy (non-hydrogen) atoms. The predicted molar refractivity (Wildman–Crippen MR) is 103 cm³/mol. The van der Waals surface area contributed by atoms with Crippen molar-refractivity contribution in [2.24, 2.45) is 28.6 Å². The number of hydrogen-bond acceptors (Lipinski definition) is 2. The van der Waals surface area contributed by atoms with Crippen LogP contribution in [-0.2, 0) is 4.43 Å². The molecular weight excluding hydrogens is 312 g/mol. The number of hydrogen-bond donors (Lipinski definition) is 1. The molecule has 5 atom stereocenters. The van der Waals surface area contributed by atoms with Crippen LogP contribution in [0.4, 0.5) is 0 Å². The van der Waals surface area contributed by atoms with E-state index >= 15 is 0 Å². The summed E-state index contributed by atoms with van der Waals surface area (Å²) in [5.74, 6) is 1.77.